The molecule has 0 aliphatic carbocycles. The maximum atomic E-state index is 12.6. The van der Waals surface area contributed by atoms with Gasteiger partial charge in [0.15, 0.2) is 11.4 Å². The fraction of sp³-hybridized carbons (Fsp3) is 0.0625. The Balaban J connectivity index is 1.96. The van der Waals surface area contributed by atoms with Crippen LogP contribution in [0.4, 0.5) is 0 Å². The summed E-state index contributed by atoms with van der Waals surface area (Å²) in [5.41, 5.74) is 0.808. The number of hydrogen-bond acceptors (Lipinski definition) is 5. The number of carbonyl (C=O) groups is 1. The minimum Gasteiger partial charge on any atom is -0.502 e. The molecule has 0 saturated carbocycles. The van der Waals surface area contributed by atoms with Crippen LogP contribution >= 0.6 is 27.3 Å². The molecule has 4 heterocycles. The van der Waals surface area contributed by atoms with E-state index in [1.54, 1.807) is 17.6 Å². The summed E-state index contributed by atoms with van der Waals surface area (Å²) in [6, 6.07) is 5.38. The monoisotopic (exact) mass is 419 g/mol. The lowest BCUT2D eigenvalue weighted by Crippen LogP contribution is -2.23. The lowest BCUT2D eigenvalue weighted by atomic mass is 10.2. The summed E-state index contributed by atoms with van der Waals surface area (Å²) >= 11 is 4.59. The normalized spacial score (nSPS) is 11.4. The molecule has 0 atom stereocenters. The number of pyridine rings is 2. The topological polar surface area (TPSA) is 96.8 Å². The molecule has 25 heavy (non-hydrogen) atoms. The van der Waals surface area contributed by atoms with Crippen molar-refractivity contribution in [2.45, 2.75) is 6.54 Å². The molecule has 0 unspecified atom stereocenters. The van der Waals surface area contributed by atoms with Gasteiger partial charge in [0.05, 0.1) is 33.1 Å². The SMILES string of the molecule is O=C(O)c1c(O)c(=O)n(Cc2cnc3c(Br)cccn23)c2ccsc12. The number of fused-ring (bicyclic) bond motifs is 2. The summed E-state index contributed by atoms with van der Waals surface area (Å²) in [4.78, 5) is 28.3. The highest BCUT2D eigenvalue weighted by atomic mass is 79.9. The molecule has 4 rings (SSSR count). The van der Waals surface area contributed by atoms with Crippen molar-refractivity contribution in [2.24, 2.45) is 0 Å². The van der Waals surface area contributed by atoms with Gasteiger partial charge in [-0.1, -0.05) is 0 Å². The summed E-state index contributed by atoms with van der Waals surface area (Å²) in [6.45, 7) is 0.150. The summed E-state index contributed by atoms with van der Waals surface area (Å²) in [6.07, 6.45) is 3.47. The van der Waals surface area contributed by atoms with E-state index in [4.69, 9.17) is 0 Å². The van der Waals surface area contributed by atoms with Crippen LogP contribution in [0.1, 0.15) is 16.1 Å². The van der Waals surface area contributed by atoms with Crippen molar-refractivity contribution >= 4 is 49.1 Å². The quantitative estimate of drug-likeness (QED) is 0.531. The average Bonchev–Trinajstić information content (AvgIpc) is 3.19. The number of halogens is 1. The number of aromatic hydroxyl groups is 1. The van der Waals surface area contributed by atoms with Crippen LogP contribution in [0.2, 0.25) is 0 Å². The van der Waals surface area contributed by atoms with E-state index in [9.17, 15) is 19.8 Å². The van der Waals surface area contributed by atoms with Gasteiger partial charge in [-0.15, -0.1) is 11.3 Å². The van der Waals surface area contributed by atoms with E-state index in [0.717, 1.165) is 10.2 Å². The first-order chi connectivity index (χ1) is 12.0. The molecule has 4 aromatic heterocycles. The van der Waals surface area contributed by atoms with Gasteiger partial charge in [-0.2, -0.15) is 0 Å². The van der Waals surface area contributed by atoms with E-state index in [1.165, 1.54) is 15.9 Å². The Labute approximate surface area is 152 Å². The van der Waals surface area contributed by atoms with E-state index in [2.05, 4.69) is 20.9 Å². The zero-order valence-electron chi connectivity index (χ0n) is 12.5. The van der Waals surface area contributed by atoms with Gasteiger partial charge in [0.2, 0.25) is 0 Å². The van der Waals surface area contributed by atoms with Crippen LogP contribution in [-0.2, 0) is 6.54 Å². The lowest BCUT2D eigenvalue weighted by molar-refractivity contribution is 0.0695. The van der Waals surface area contributed by atoms with E-state index >= 15 is 0 Å². The highest BCUT2D eigenvalue weighted by Gasteiger charge is 2.22. The molecule has 0 aliphatic heterocycles. The first-order valence-corrected chi connectivity index (χ1v) is 8.83. The second kappa shape index (κ2) is 5.71. The number of thiophene rings is 1. The van der Waals surface area contributed by atoms with Gasteiger partial charge in [0.25, 0.3) is 5.56 Å². The molecule has 4 aromatic rings. The summed E-state index contributed by atoms with van der Waals surface area (Å²) in [5.74, 6) is -2.08. The second-order valence-electron chi connectivity index (χ2n) is 5.35. The Kier molecular flexibility index (Phi) is 3.62. The fourth-order valence-corrected chi connectivity index (χ4v) is 4.20. The first kappa shape index (κ1) is 15.9. The van der Waals surface area contributed by atoms with Crippen LogP contribution in [0.25, 0.3) is 15.9 Å². The number of carboxylic acids is 1. The third-order valence-electron chi connectivity index (χ3n) is 3.95. The third kappa shape index (κ3) is 2.35. The molecule has 0 spiro atoms. The standard InChI is InChI=1S/C16H10BrN3O4S/c17-9-2-1-4-19-8(6-18-14(9)19)7-20-10-3-5-25-13(10)11(16(23)24)12(21)15(20)22/h1-6,21H,7H2,(H,23,24). The van der Waals surface area contributed by atoms with Gasteiger partial charge in [0, 0.05) is 6.20 Å². The number of aromatic nitrogens is 3. The number of rotatable bonds is 3. The largest absolute Gasteiger partial charge is 0.502 e. The molecule has 126 valence electrons. The van der Waals surface area contributed by atoms with Crippen LogP contribution < -0.4 is 5.56 Å². The van der Waals surface area contributed by atoms with Crippen molar-refractivity contribution < 1.29 is 15.0 Å². The Morgan fingerprint density at radius 2 is 2.16 bits per heavy atom. The minimum absolute atomic E-state index is 0.150. The van der Waals surface area contributed by atoms with Crippen LogP contribution in [0.3, 0.4) is 0 Å². The van der Waals surface area contributed by atoms with E-state index < -0.39 is 17.3 Å². The Bertz CT molecular complexity index is 1210. The predicted molar refractivity (Wildman–Crippen MR) is 96.7 cm³/mol. The van der Waals surface area contributed by atoms with E-state index in [-0.39, 0.29) is 12.1 Å². The summed E-state index contributed by atoms with van der Waals surface area (Å²) in [7, 11) is 0. The van der Waals surface area contributed by atoms with Crippen molar-refractivity contribution in [1.29, 1.82) is 0 Å². The molecule has 7 nitrogen and oxygen atoms in total. The third-order valence-corrected chi connectivity index (χ3v) is 5.49. The van der Waals surface area contributed by atoms with Crippen molar-refractivity contribution in [1.82, 2.24) is 14.0 Å². The van der Waals surface area contributed by atoms with Crippen molar-refractivity contribution in [3.05, 3.63) is 62.1 Å². The molecule has 2 N–H and O–H groups in total. The van der Waals surface area contributed by atoms with Crippen LogP contribution in [0.5, 0.6) is 5.75 Å². The molecular weight excluding hydrogens is 410 g/mol. The molecule has 0 bridgehead atoms. The van der Waals surface area contributed by atoms with Gasteiger partial charge >= 0.3 is 5.97 Å². The minimum atomic E-state index is -1.33. The van der Waals surface area contributed by atoms with Crippen molar-refractivity contribution in [3.63, 3.8) is 0 Å². The molecule has 0 saturated heterocycles. The van der Waals surface area contributed by atoms with Gasteiger partial charge in [0.1, 0.15) is 5.56 Å². The van der Waals surface area contributed by atoms with Crippen molar-refractivity contribution in [2.75, 3.05) is 0 Å². The van der Waals surface area contributed by atoms with Gasteiger partial charge in [-0.05, 0) is 39.5 Å². The molecule has 0 amide bonds. The van der Waals surface area contributed by atoms with Crippen LogP contribution in [0, 0.1) is 0 Å². The van der Waals surface area contributed by atoms with E-state index in [0.29, 0.717) is 15.9 Å². The number of nitrogens with zero attached hydrogens (tertiary/aromatic N) is 3. The van der Waals surface area contributed by atoms with Crippen LogP contribution in [-0.4, -0.2) is 30.1 Å². The van der Waals surface area contributed by atoms with Crippen LogP contribution in [0.15, 0.2) is 45.2 Å². The Morgan fingerprint density at radius 1 is 1.36 bits per heavy atom. The number of aromatic carboxylic acids is 1. The molecular formula is C16H10BrN3O4S. The average molecular weight is 420 g/mol. The maximum Gasteiger partial charge on any atom is 0.341 e. The second-order valence-corrected chi connectivity index (χ2v) is 7.12. The number of carboxylic acid groups (broad SMARTS) is 1. The Hall–Kier alpha value is -2.65. The molecule has 0 aromatic carbocycles. The zero-order valence-corrected chi connectivity index (χ0v) is 14.9. The summed E-state index contributed by atoms with van der Waals surface area (Å²) < 4.78 is 4.37. The lowest BCUT2D eigenvalue weighted by Gasteiger charge is -2.11. The fourth-order valence-electron chi connectivity index (χ4n) is 2.82. The molecule has 0 radical (unpaired) electrons. The molecule has 9 heteroatoms. The first-order valence-electron chi connectivity index (χ1n) is 7.15. The van der Waals surface area contributed by atoms with Gasteiger partial charge in [-0.25, -0.2) is 9.78 Å². The highest BCUT2D eigenvalue weighted by Crippen LogP contribution is 2.29. The predicted octanol–water partition coefficient (Wildman–Crippen LogP) is 2.93. The molecule has 0 aliphatic rings. The highest BCUT2D eigenvalue weighted by molar-refractivity contribution is 9.10. The number of hydrogen-bond donors (Lipinski definition) is 2. The van der Waals surface area contributed by atoms with Gasteiger partial charge in [-0.3, -0.25) is 9.36 Å². The number of imidazole rings is 1. The van der Waals surface area contributed by atoms with Gasteiger partial charge < -0.3 is 14.6 Å². The smallest absolute Gasteiger partial charge is 0.341 e. The summed E-state index contributed by atoms with van der Waals surface area (Å²) in [5, 5.41) is 21.1. The zero-order chi connectivity index (χ0) is 17.7. The maximum absolute atomic E-state index is 12.6. The van der Waals surface area contributed by atoms with E-state index in [1.807, 2.05) is 22.7 Å². The van der Waals surface area contributed by atoms with Crippen molar-refractivity contribution in [3.8, 4) is 5.75 Å². The Morgan fingerprint density at radius 3 is 2.92 bits per heavy atom. The molecule has 0 fully saturated rings.